The molecule has 0 aliphatic carbocycles. The lowest BCUT2D eigenvalue weighted by molar-refractivity contribution is -0.133. The maximum atomic E-state index is 11.4. The van der Waals surface area contributed by atoms with Crippen LogP contribution in [0.1, 0.15) is 38.7 Å². The number of aryl methyl sites for hydroxylation is 1. The zero-order chi connectivity index (χ0) is 16.7. The number of aromatic nitrogens is 2. The Kier molecular flexibility index (Phi) is 6.53. The van der Waals surface area contributed by atoms with Crippen molar-refractivity contribution in [3.05, 3.63) is 42.2 Å². The van der Waals surface area contributed by atoms with Gasteiger partial charge in [-0.15, -0.1) is 11.6 Å². The minimum Gasteiger partial charge on any atom is -0.425 e. The van der Waals surface area contributed by atoms with E-state index >= 15 is 0 Å². The molecule has 2 rings (SSSR count). The van der Waals surface area contributed by atoms with E-state index in [4.69, 9.17) is 16.3 Å². The summed E-state index contributed by atoms with van der Waals surface area (Å²) >= 11 is 5.67. The number of alkyl halides is 1. The Labute approximate surface area is 141 Å². The molecule has 0 bridgehead atoms. The van der Waals surface area contributed by atoms with Crippen LogP contribution in [0.2, 0.25) is 0 Å². The number of hydrogen-bond donors (Lipinski definition) is 0. The van der Waals surface area contributed by atoms with Gasteiger partial charge in [-0.25, -0.2) is 9.97 Å². The third kappa shape index (κ3) is 5.32. The van der Waals surface area contributed by atoms with E-state index in [1.807, 2.05) is 24.5 Å². The van der Waals surface area contributed by atoms with Crippen LogP contribution in [0.4, 0.5) is 0 Å². The van der Waals surface area contributed by atoms with Gasteiger partial charge >= 0.3 is 5.97 Å². The lowest BCUT2D eigenvalue weighted by Crippen LogP contribution is -2.17. The normalized spacial score (nSPS) is 12.0. The predicted molar refractivity (Wildman–Crippen MR) is 91.6 cm³/mol. The van der Waals surface area contributed by atoms with Gasteiger partial charge in [-0.2, -0.15) is 0 Å². The minimum atomic E-state index is -0.668. The Morgan fingerprint density at radius 1 is 1.17 bits per heavy atom. The van der Waals surface area contributed by atoms with Gasteiger partial charge in [0.25, 0.3) is 0 Å². The first-order valence-electron chi connectivity index (χ1n) is 7.87. The number of esters is 1. The van der Waals surface area contributed by atoms with Crippen LogP contribution < -0.4 is 4.74 Å². The molecule has 0 spiro atoms. The number of rotatable bonds is 7. The van der Waals surface area contributed by atoms with Crippen molar-refractivity contribution in [1.82, 2.24) is 9.97 Å². The monoisotopic (exact) mass is 332 g/mol. The highest BCUT2D eigenvalue weighted by molar-refractivity contribution is 6.29. The van der Waals surface area contributed by atoms with Crippen LogP contribution >= 0.6 is 11.6 Å². The maximum Gasteiger partial charge on any atom is 0.329 e. The molecule has 2 aromatic rings. The van der Waals surface area contributed by atoms with Gasteiger partial charge < -0.3 is 4.74 Å². The molecule has 0 saturated heterocycles. The van der Waals surface area contributed by atoms with Gasteiger partial charge in [0.15, 0.2) is 5.82 Å². The molecule has 5 heteroatoms. The van der Waals surface area contributed by atoms with E-state index in [-0.39, 0.29) is 0 Å². The Morgan fingerprint density at radius 2 is 1.83 bits per heavy atom. The second-order valence-corrected chi connectivity index (χ2v) is 6.09. The van der Waals surface area contributed by atoms with Crippen molar-refractivity contribution in [3.8, 4) is 17.1 Å². The number of carbonyl (C=O) groups is 1. The summed E-state index contributed by atoms with van der Waals surface area (Å²) in [7, 11) is 0. The highest BCUT2D eigenvalue weighted by Crippen LogP contribution is 2.20. The molecule has 122 valence electrons. The van der Waals surface area contributed by atoms with E-state index in [0.717, 1.165) is 24.0 Å². The lowest BCUT2D eigenvalue weighted by atomic mass is 10.1. The van der Waals surface area contributed by atoms with Crippen molar-refractivity contribution < 1.29 is 9.53 Å². The van der Waals surface area contributed by atoms with Crippen molar-refractivity contribution in [2.45, 2.75) is 44.9 Å². The van der Waals surface area contributed by atoms with Crippen LogP contribution in [0.15, 0.2) is 36.7 Å². The summed E-state index contributed by atoms with van der Waals surface area (Å²) in [5.74, 6) is 0.655. The van der Waals surface area contributed by atoms with Crippen LogP contribution in [0, 0.1) is 0 Å². The van der Waals surface area contributed by atoms with Gasteiger partial charge in [0, 0.05) is 18.0 Å². The fraction of sp³-hybridized carbons (Fsp3) is 0.389. The molecule has 0 N–H and O–H groups in total. The number of benzene rings is 1. The van der Waals surface area contributed by atoms with Gasteiger partial charge in [-0.3, -0.25) is 4.79 Å². The van der Waals surface area contributed by atoms with Crippen LogP contribution in [-0.4, -0.2) is 21.3 Å². The zero-order valence-corrected chi connectivity index (χ0v) is 14.2. The highest BCUT2D eigenvalue weighted by Gasteiger charge is 2.12. The van der Waals surface area contributed by atoms with Gasteiger partial charge in [-0.05, 0) is 49.6 Å². The fourth-order valence-corrected chi connectivity index (χ4v) is 2.13. The van der Waals surface area contributed by atoms with Gasteiger partial charge in [-0.1, -0.05) is 19.8 Å². The number of halogens is 1. The molecular formula is C18H21ClN2O2. The molecule has 0 aliphatic heterocycles. The van der Waals surface area contributed by atoms with Crippen molar-refractivity contribution in [3.63, 3.8) is 0 Å². The number of carbonyl (C=O) groups excluding carboxylic acids is 1. The molecule has 0 radical (unpaired) electrons. The molecule has 1 atom stereocenters. The van der Waals surface area contributed by atoms with E-state index in [1.54, 1.807) is 19.1 Å². The molecule has 0 aliphatic rings. The van der Waals surface area contributed by atoms with Crippen LogP contribution in [0.25, 0.3) is 11.4 Å². The van der Waals surface area contributed by atoms with Crippen molar-refractivity contribution in [2.24, 2.45) is 0 Å². The third-order valence-electron chi connectivity index (χ3n) is 3.43. The number of ether oxygens (including phenoxy) is 1. The van der Waals surface area contributed by atoms with Gasteiger partial charge in [0.05, 0.1) is 0 Å². The lowest BCUT2D eigenvalue weighted by Gasteiger charge is -2.06. The molecule has 0 amide bonds. The molecule has 1 aromatic heterocycles. The molecule has 1 aromatic carbocycles. The molecule has 1 heterocycles. The smallest absolute Gasteiger partial charge is 0.329 e. The fourth-order valence-electron chi connectivity index (χ4n) is 2.08. The zero-order valence-electron chi connectivity index (χ0n) is 13.5. The number of nitrogens with zero attached hydrogens (tertiary/aromatic N) is 2. The molecular weight excluding hydrogens is 312 g/mol. The summed E-state index contributed by atoms with van der Waals surface area (Å²) < 4.78 is 5.13. The Balaban J connectivity index is 2.00. The van der Waals surface area contributed by atoms with E-state index in [9.17, 15) is 4.79 Å². The molecule has 0 saturated carbocycles. The summed E-state index contributed by atoms with van der Waals surface area (Å²) in [6, 6.07) is 7.08. The number of hydrogen-bond acceptors (Lipinski definition) is 4. The largest absolute Gasteiger partial charge is 0.425 e. The van der Waals surface area contributed by atoms with E-state index in [1.165, 1.54) is 12.8 Å². The first-order chi connectivity index (χ1) is 11.1. The maximum absolute atomic E-state index is 11.4. The highest BCUT2D eigenvalue weighted by atomic mass is 35.5. The van der Waals surface area contributed by atoms with Crippen molar-refractivity contribution >= 4 is 17.6 Å². The summed E-state index contributed by atoms with van der Waals surface area (Å²) in [5.41, 5.74) is 2.03. The van der Waals surface area contributed by atoms with Crippen molar-refractivity contribution in [2.75, 3.05) is 0 Å². The summed E-state index contributed by atoms with van der Waals surface area (Å²) in [6.45, 7) is 3.77. The quantitative estimate of drug-likeness (QED) is 0.326. The first-order valence-corrected chi connectivity index (χ1v) is 8.31. The number of unbranched alkanes of at least 4 members (excludes halogenated alkanes) is 2. The Morgan fingerprint density at radius 3 is 2.39 bits per heavy atom. The van der Waals surface area contributed by atoms with Crippen LogP contribution in [0.5, 0.6) is 5.75 Å². The molecule has 1 unspecified atom stereocenters. The van der Waals surface area contributed by atoms with Gasteiger partial charge in [0.1, 0.15) is 11.1 Å². The first kappa shape index (κ1) is 17.4. The topological polar surface area (TPSA) is 52.1 Å². The minimum absolute atomic E-state index is 0.461. The average molecular weight is 333 g/mol. The second kappa shape index (κ2) is 8.63. The standard InChI is InChI=1S/C18H21ClN2O2/c1-3-4-5-6-14-11-20-17(21-12-14)15-7-9-16(10-8-15)23-18(22)13(2)19/h7-13H,3-6H2,1-2H3. The Bertz CT molecular complexity index is 624. The molecule has 23 heavy (non-hydrogen) atoms. The van der Waals surface area contributed by atoms with Crippen LogP contribution in [-0.2, 0) is 11.2 Å². The SMILES string of the molecule is CCCCCc1cnc(-c2ccc(OC(=O)C(C)Cl)cc2)nc1. The summed E-state index contributed by atoms with van der Waals surface area (Å²) in [5, 5.41) is -0.668. The van der Waals surface area contributed by atoms with Gasteiger partial charge in [0.2, 0.25) is 0 Å². The summed E-state index contributed by atoms with van der Waals surface area (Å²) in [4.78, 5) is 20.2. The van der Waals surface area contributed by atoms with Crippen molar-refractivity contribution in [1.29, 1.82) is 0 Å². The predicted octanol–water partition coefficient (Wildman–Crippen LogP) is 4.41. The third-order valence-corrected chi connectivity index (χ3v) is 3.61. The van der Waals surface area contributed by atoms with Crippen LogP contribution in [0.3, 0.4) is 0 Å². The van der Waals surface area contributed by atoms with E-state index < -0.39 is 11.3 Å². The Hall–Kier alpha value is -1.94. The molecule has 0 fully saturated rings. The summed E-state index contributed by atoms with van der Waals surface area (Å²) in [6.07, 6.45) is 8.36. The molecule has 4 nitrogen and oxygen atoms in total. The van der Waals surface area contributed by atoms with E-state index in [0.29, 0.717) is 11.6 Å². The second-order valence-electron chi connectivity index (χ2n) is 5.43. The average Bonchev–Trinajstić information content (AvgIpc) is 2.56. The van der Waals surface area contributed by atoms with E-state index in [2.05, 4.69) is 16.9 Å².